The molecule has 1 heterocycles. The van der Waals surface area contributed by atoms with Gasteiger partial charge in [0.05, 0.1) is 5.03 Å². The molecule has 4 heteroatoms. The van der Waals surface area contributed by atoms with Gasteiger partial charge in [0, 0.05) is 22.5 Å². The molecule has 3 rings (SSSR count). The molecule has 1 aromatic carbocycles. The second-order valence-electron chi connectivity index (χ2n) is 5.59. The Kier molecular flexibility index (Phi) is 4.89. The lowest BCUT2D eigenvalue weighted by molar-refractivity contribution is 0.643. The third-order valence-electron chi connectivity index (χ3n) is 4.10. The van der Waals surface area contributed by atoms with Crippen LogP contribution in [0.1, 0.15) is 35.9 Å². The Morgan fingerprint density at radius 2 is 2.09 bits per heavy atom. The van der Waals surface area contributed by atoms with Crippen LogP contribution < -0.4 is 4.80 Å². The van der Waals surface area contributed by atoms with E-state index in [0.29, 0.717) is 0 Å². The lowest BCUT2D eigenvalue weighted by Crippen LogP contribution is -2.14. The summed E-state index contributed by atoms with van der Waals surface area (Å²) in [5.74, 6) is 0. The summed E-state index contributed by atoms with van der Waals surface area (Å²) >= 11 is 3.51. The molecule has 0 bridgehead atoms. The molecule has 0 N–H and O–H groups in total. The van der Waals surface area contributed by atoms with E-state index in [1.165, 1.54) is 46.7 Å². The molecule has 1 aromatic heterocycles. The van der Waals surface area contributed by atoms with Crippen molar-refractivity contribution in [2.24, 2.45) is 12.0 Å². The monoisotopic (exact) mass is 330 g/mol. The maximum absolute atomic E-state index is 4.78. The summed E-state index contributed by atoms with van der Waals surface area (Å²) in [6, 6.07) is 8.51. The zero-order valence-electron chi connectivity index (χ0n) is 13.3. The van der Waals surface area contributed by atoms with Gasteiger partial charge in [0.1, 0.15) is 0 Å². The summed E-state index contributed by atoms with van der Waals surface area (Å²) in [5.41, 5.74) is 2.83. The van der Waals surface area contributed by atoms with Crippen molar-refractivity contribution in [3.8, 4) is 0 Å². The summed E-state index contributed by atoms with van der Waals surface area (Å²) in [7, 11) is 2.14. The van der Waals surface area contributed by atoms with Crippen LogP contribution in [0.2, 0.25) is 0 Å². The van der Waals surface area contributed by atoms with Crippen molar-refractivity contribution in [2.45, 2.75) is 43.9 Å². The molecular weight excluding hydrogens is 308 g/mol. The van der Waals surface area contributed by atoms with Gasteiger partial charge in [0.2, 0.25) is 0 Å². The van der Waals surface area contributed by atoms with E-state index >= 15 is 0 Å². The number of rotatable bonds is 4. The van der Waals surface area contributed by atoms with Crippen molar-refractivity contribution >= 4 is 23.1 Å². The highest BCUT2D eigenvalue weighted by Gasteiger charge is 2.15. The van der Waals surface area contributed by atoms with Gasteiger partial charge < -0.3 is 4.57 Å². The lowest BCUT2D eigenvalue weighted by atomic mass is 10.0. The minimum Gasteiger partial charge on any atom is -0.324 e. The topological polar surface area (TPSA) is 17.3 Å². The van der Waals surface area contributed by atoms with Crippen LogP contribution >= 0.6 is 23.1 Å². The molecular formula is C18H22N2S2. The Hall–Kier alpha value is -1.26. The van der Waals surface area contributed by atoms with Crippen molar-refractivity contribution in [3.05, 3.63) is 56.8 Å². The quantitative estimate of drug-likeness (QED) is 0.743. The normalized spacial score (nSPS) is 14.9. The first-order valence-corrected chi connectivity index (χ1v) is 9.49. The van der Waals surface area contributed by atoms with Crippen molar-refractivity contribution < 1.29 is 0 Å². The first-order valence-electron chi connectivity index (χ1n) is 7.86. The molecule has 2 nitrogen and oxygen atoms in total. The second kappa shape index (κ2) is 6.88. The Bertz CT molecular complexity index is 753. The lowest BCUT2D eigenvalue weighted by Gasteiger charge is -2.11. The van der Waals surface area contributed by atoms with E-state index in [4.69, 9.17) is 4.99 Å². The molecule has 0 atom stereocenters. The van der Waals surface area contributed by atoms with Gasteiger partial charge in [0.15, 0.2) is 4.80 Å². The number of aryl methyl sites for hydroxylation is 2. The minimum absolute atomic E-state index is 0.870. The van der Waals surface area contributed by atoms with Gasteiger partial charge in [-0.15, -0.1) is 11.3 Å². The number of benzene rings is 1. The van der Waals surface area contributed by atoms with E-state index in [1.54, 1.807) is 11.8 Å². The van der Waals surface area contributed by atoms with E-state index in [1.807, 2.05) is 11.3 Å². The van der Waals surface area contributed by atoms with Gasteiger partial charge in [-0.25, -0.2) is 4.99 Å². The smallest absolute Gasteiger partial charge is 0.190 e. The van der Waals surface area contributed by atoms with Crippen LogP contribution in [0.15, 0.2) is 45.8 Å². The number of thiazole rings is 1. The molecule has 0 fully saturated rings. The van der Waals surface area contributed by atoms with Crippen molar-refractivity contribution in [1.82, 2.24) is 4.57 Å². The van der Waals surface area contributed by atoms with E-state index in [9.17, 15) is 0 Å². The molecule has 116 valence electrons. The molecule has 22 heavy (non-hydrogen) atoms. The van der Waals surface area contributed by atoms with E-state index < -0.39 is 0 Å². The van der Waals surface area contributed by atoms with E-state index in [0.717, 1.165) is 16.3 Å². The van der Waals surface area contributed by atoms with E-state index in [-0.39, 0.29) is 0 Å². The van der Waals surface area contributed by atoms with Crippen LogP contribution in [0.3, 0.4) is 0 Å². The molecule has 1 aliphatic carbocycles. The maximum atomic E-state index is 4.78. The predicted molar refractivity (Wildman–Crippen MR) is 96.3 cm³/mol. The van der Waals surface area contributed by atoms with E-state index in [2.05, 4.69) is 49.4 Å². The maximum Gasteiger partial charge on any atom is 0.190 e. The highest BCUT2D eigenvalue weighted by atomic mass is 32.2. The number of fused-ring (bicyclic) bond motifs is 1. The van der Waals surface area contributed by atoms with Crippen LogP contribution in [-0.4, -0.2) is 4.57 Å². The summed E-state index contributed by atoms with van der Waals surface area (Å²) in [4.78, 5) is 8.65. The zero-order valence-corrected chi connectivity index (χ0v) is 14.9. The molecule has 0 unspecified atom stereocenters. The summed E-state index contributed by atoms with van der Waals surface area (Å²) in [6.07, 6.45) is 6.05. The average Bonchev–Trinajstić information content (AvgIpc) is 2.84. The molecule has 1 aliphatic rings. The molecule has 0 saturated heterocycles. The number of aromatic nitrogens is 1. The molecule has 0 spiro atoms. The molecule has 2 aromatic rings. The highest BCUT2D eigenvalue weighted by Crippen LogP contribution is 2.30. The number of hydrogen-bond donors (Lipinski definition) is 0. The largest absolute Gasteiger partial charge is 0.324 e. The fraction of sp³-hybridized carbons (Fsp3) is 0.389. The fourth-order valence-corrected chi connectivity index (χ4v) is 5.03. The Labute approximate surface area is 140 Å². The highest BCUT2D eigenvalue weighted by molar-refractivity contribution is 8.03. The fourth-order valence-electron chi connectivity index (χ4n) is 2.87. The standard InChI is InChI=1S/C18H22N2S2/c1-4-14-9-5-7-11-16(14)21-13(2)19-18-20(3)15-10-6-8-12-17(15)22-18/h5,7,9,11H,2,4,6,8,10,12H2,1,3H3. The Morgan fingerprint density at radius 3 is 2.86 bits per heavy atom. The number of thioether (sulfide) groups is 1. The molecule has 0 amide bonds. The van der Waals surface area contributed by atoms with Crippen molar-refractivity contribution in [1.29, 1.82) is 0 Å². The summed E-state index contributed by atoms with van der Waals surface area (Å²) < 4.78 is 2.26. The van der Waals surface area contributed by atoms with Crippen LogP contribution in [0, 0.1) is 0 Å². The number of hydrogen-bond acceptors (Lipinski definition) is 3. The number of nitrogens with zero attached hydrogens (tertiary/aromatic N) is 2. The zero-order chi connectivity index (χ0) is 15.5. The van der Waals surface area contributed by atoms with Gasteiger partial charge in [-0.05, 0) is 43.7 Å². The third kappa shape index (κ3) is 3.23. The Balaban J connectivity index is 1.86. The van der Waals surface area contributed by atoms with Crippen molar-refractivity contribution in [2.75, 3.05) is 0 Å². The minimum atomic E-state index is 0.870. The third-order valence-corrected chi connectivity index (χ3v) is 6.28. The molecule has 0 radical (unpaired) electrons. The SMILES string of the molecule is C=C(N=c1sc2c(n1C)CCCC2)Sc1ccccc1CC. The van der Waals surface area contributed by atoms with Gasteiger partial charge in [-0.2, -0.15) is 0 Å². The summed E-state index contributed by atoms with van der Waals surface area (Å²) in [6.45, 7) is 6.34. The predicted octanol–water partition coefficient (Wildman–Crippen LogP) is 4.69. The van der Waals surface area contributed by atoms with Crippen LogP contribution in [-0.2, 0) is 26.3 Å². The van der Waals surface area contributed by atoms with Gasteiger partial charge >= 0.3 is 0 Å². The van der Waals surface area contributed by atoms with Gasteiger partial charge in [0.25, 0.3) is 0 Å². The van der Waals surface area contributed by atoms with Crippen molar-refractivity contribution in [3.63, 3.8) is 0 Å². The van der Waals surface area contributed by atoms with Crippen LogP contribution in [0.25, 0.3) is 0 Å². The molecule has 0 saturated carbocycles. The second-order valence-corrected chi connectivity index (χ2v) is 7.77. The Morgan fingerprint density at radius 1 is 1.32 bits per heavy atom. The average molecular weight is 331 g/mol. The first-order chi connectivity index (χ1) is 10.7. The molecule has 0 aliphatic heterocycles. The summed E-state index contributed by atoms with van der Waals surface area (Å²) in [5, 5.41) is 0.870. The van der Waals surface area contributed by atoms with Gasteiger partial charge in [-0.3, -0.25) is 0 Å². The van der Waals surface area contributed by atoms with Crippen LogP contribution in [0.5, 0.6) is 0 Å². The van der Waals surface area contributed by atoms with Gasteiger partial charge in [-0.1, -0.05) is 43.5 Å². The first kappa shape index (κ1) is 15.6. The van der Waals surface area contributed by atoms with Crippen LogP contribution in [0.4, 0.5) is 0 Å².